The van der Waals surface area contributed by atoms with Crippen LogP contribution < -0.4 is 10.5 Å². The van der Waals surface area contributed by atoms with Gasteiger partial charge in [-0.15, -0.1) is 0 Å². The van der Waals surface area contributed by atoms with Crippen LogP contribution in [0.4, 0.5) is 5.69 Å². The van der Waals surface area contributed by atoms with Crippen LogP contribution in [0, 0.1) is 0 Å². The maximum atomic E-state index is 12.7. The smallest absolute Gasteiger partial charge is 0.336 e. The van der Waals surface area contributed by atoms with Gasteiger partial charge in [0, 0.05) is 29.5 Å². The zero-order chi connectivity index (χ0) is 18.3. The normalized spacial score (nSPS) is 19.8. The average molecular weight is 349 g/mol. The van der Waals surface area contributed by atoms with E-state index < -0.39 is 23.6 Å². The Morgan fingerprint density at radius 2 is 1.81 bits per heavy atom. The third kappa shape index (κ3) is 2.65. The molecule has 3 aromatic rings. The maximum absolute atomic E-state index is 12.7. The van der Waals surface area contributed by atoms with E-state index in [0.29, 0.717) is 16.7 Å². The summed E-state index contributed by atoms with van der Waals surface area (Å²) in [7, 11) is 0. The van der Waals surface area contributed by atoms with Gasteiger partial charge < -0.3 is 9.52 Å². The van der Waals surface area contributed by atoms with Gasteiger partial charge in [-0.3, -0.25) is 9.69 Å². The topological polar surface area (TPSA) is 87.8 Å². The molecule has 0 spiro atoms. The molecule has 1 saturated heterocycles. The fourth-order valence-electron chi connectivity index (χ4n) is 3.53. The third-order valence-corrected chi connectivity index (χ3v) is 4.68. The summed E-state index contributed by atoms with van der Waals surface area (Å²) in [6.45, 7) is 0. The van der Waals surface area contributed by atoms with E-state index in [9.17, 15) is 19.5 Å². The SMILES string of the molecule is O=C(O)[C@H]1[C@H](c2ccccc2)CC(=O)N1c1ccc2oc(=O)ccc2c1. The lowest BCUT2D eigenvalue weighted by atomic mass is 9.91. The van der Waals surface area contributed by atoms with Gasteiger partial charge in [0.1, 0.15) is 11.6 Å². The van der Waals surface area contributed by atoms with E-state index in [4.69, 9.17) is 4.42 Å². The van der Waals surface area contributed by atoms with Crippen molar-refractivity contribution < 1.29 is 19.1 Å². The van der Waals surface area contributed by atoms with Crippen molar-refractivity contribution in [1.82, 2.24) is 0 Å². The summed E-state index contributed by atoms with van der Waals surface area (Å²) in [5.74, 6) is -1.72. The number of amides is 1. The second-order valence-electron chi connectivity index (χ2n) is 6.24. The van der Waals surface area contributed by atoms with Crippen molar-refractivity contribution >= 4 is 28.5 Å². The molecule has 2 atom stereocenters. The van der Waals surface area contributed by atoms with E-state index in [1.54, 1.807) is 24.3 Å². The van der Waals surface area contributed by atoms with E-state index in [2.05, 4.69) is 0 Å². The predicted molar refractivity (Wildman–Crippen MR) is 95.2 cm³/mol. The van der Waals surface area contributed by atoms with Crippen molar-refractivity contribution in [3.8, 4) is 0 Å². The fraction of sp³-hybridized carbons (Fsp3) is 0.150. The highest BCUT2D eigenvalue weighted by atomic mass is 16.4. The average Bonchev–Trinajstić information content (AvgIpc) is 2.99. The van der Waals surface area contributed by atoms with Crippen LogP contribution in [-0.4, -0.2) is 23.0 Å². The Morgan fingerprint density at radius 3 is 2.54 bits per heavy atom. The molecule has 1 N–H and O–H groups in total. The van der Waals surface area contributed by atoms with Gasteiger partial charge in [-0.2, -0.15) is 0 Å². The minimum absolute atomic E-state index is 0.128. The summed E-state index contributed by atoms with van der Waals surface area (Å²) in [5, 5.41) is 10.4. The molecule has 6 heteroatoms. The van der Waals surface area contributed by atoms with Gasteiger partial charge in [0.05, 0.1) is 0 Å². The number of carbonyl (C=O) groups excluding carboxylic acids is 1. The molecule has 0 saturated carbocycles. The van der Waals surface area contributed by atoms with Crippen LogP contribution in [0.5, 0.6) is 0 Å². The van der Waals surface area contributed by atoms with Crippen LogP contribution in [0.2, 0.25) is 0 Å². The number of benzene rings is 2. The molecule has 1 aromatic heterocycles. The van der Waals surface area contributed by atoms with Gasteiger partial charge >= 0.3 is 11.6 Å². The van der Waals surface area contributed by atoms with Crippen molar-refractivity contribution in [3.05, 3.63) is 76.6 Å². The number of nitrogens with zero attached hydrogens (tertiary/aromatic N) is 1. The van der Waals surface area contributed by atoms with Gasteiger partial charge in [-0.05, 0) is 29.8 Å². The quantitative estimate of drug-likeness (QED) is 0.735. The summed E-state index contributed by atoms with van der Waals surface area (Å²) in [6, 6.07) is 15.9. The third-order valence-electron chi connectivity index (χ3n) is 4.68. The number of carbonyl (C=O) groups is 2. The van der Waals surface area contributed by atoms with Crippen LogP contribution in [0.25, 0.3) is 11.0 Å². The fourth-order valence-corrected chi connectivity index (χ4v) is 3.53. The monoisotopic (exact) mass is 349 g/mol. The molecular weight excluding hydrogens is 334 g/mol. The first-order valence-electron chi connectivity index (χ1n) is 8.18. The van der Waals surface area contributed by atoms with Crippen LogP contribution >= 0.6 is 0 Å². The lowest BCUT2D eigenvalue weighted by Crippen LogP contribution is -2.40. The molecule has 0 bridgehead atoms. The lowest BCUT2D eigenvalue weighted by Gasteiger charge is -2.25. The Balaban J connectivity index is 1.79. The summed E-state index contributed by atoms with van der Waals surface area (Å²) in [5.41, 5.74) is 1.22. The Morgan fingerprint density at radius 1 is 1.04 bits per heavy atom. The summed E-state index contributed by atoms with van der Waals surface area (Å²) < 4.78 is 5.10. The summed E-state index contributed by atoms with van der Waals surface area (Å²) >= 11 is 0. The number of hydrogen-bond acceptors (Lipinski definition) is 4. The summed E-state index contributed by atoms with van der Waals surface area (Å²) in [4.78, 5) is 37.3. The highest BCUT2D eigenvalue weighted by molar-refractivity contribution is 6.04. The van der Waals surface area contributed by atoms with E-state index in [-0.39, 0.29) is 12.3 Å². The van der Waals surface area contributed by atoms with Gasteiger partial charge in [-0.1, -0.05) is 30.3 Å². The number of fused-ring (bicyclic) bond motifs is 1. The van der Waals surface area contributed by atoms with Gasteiger partial charge in [0.25, 0.3) is 0 Å². The first kappa shape index (κ1) is 16.1. The molecule has 1 aliphatic heterocycles. The molecule has 1 fully saturated rings. The maximum Gasteiger partial charge on any atom is 0.336 e. The van der Waals surface area contributed by atoms with Crippen LogP contribution in [0.15, 0.2) is 69.9 Å². The molecular formula is C20H15NO5. The number of hydrogen-bond donors (Lipinski definition) is 1. The molecule has 2 aromatic carbocycles. The van der Waals surface area contributed by atoms with Crippen molar-refractivity contribution in [3.63, 3.8) is 0 Å². The Bertz CT molecular complexity index is 1060. The zero-order valence-corrected chi connectivity index (χ0v) is 13.7. The molecule has 0 radical (unpaired) electrons. The highest BCUT2D eigenvalue weighted by Gasteiger charge is 2.45. The van der Waals surface area contributed by atoms with Crippen LogP contribution in [0.1, 0.15) is 17.9 Å². The number of carboxylic acid groups (broad SMARTS) is 1. The van der Waals surface area contributed by atoms with E-state index in [1.165, 1.54) is 11.0 Å². The second-order valence-corrected chi connectivity index (χ2v) is 6.24. The second kappa shape index (κ2) is 6.15. The van der Waals surface area contributed by atoms with Crippen LogP contribution in [-0.2, 0) is 9.59 Å². The van der Waals surface area contributed by atoms with Crippen molar-refractivity contribution in [2.45, 2.75) is 18.4 Å². The number of anilines is 1. The molecule has 1 aliphatic rings. The molecule has 1 amide bonds. The van der Waals surface area contributed by atoms with Gasteiger partial charge in [0.2, 0.25) is 5.91 Å². The first-order chi connectivity index (χ1) is 12.5. The minimum atomic E-state index is -1.05. The predicted octanol–water partition coefficient (Wildman–Crippen LogP) is 2.77. The van der Waals surface area contributed by atoms with Gasteiger partial charge in [-0.25, -0.2) is 9.59 Å². The van der Waals surface area contributed by atoms with E-state index in [0.717, 1.165) is 5.56 Å². The molecule has 0 unspecified atom stereocenters. The van der Waals surface area contributed by atoms with Gasteiger partial charge in [0.15, 0.2) is 0 Å². The van der Waals surface area contributed by atoms with E-state index in [1.807, 2.05) is 30.3 Å². The number of aliphatic carboxylic acids is 1. The van der Waals surface area contributed by atoms with Crippen molar-refractivity contribution in [2.24, 2.45) is 0 Å². The molecule has 26 heavy (non-hydrogen) atoms. The molecule has 4 rings (SSSR count). The lowest BCUT2D eigenvalue weighted by molar-refractivity contribution is -0.139. The zero-order valence-electron chi connectivity index (χ0n) is 13.7. The molecule has 2 heterocycles. The Labute approximate surface area is 148 Å². The highest BCUT2D eigenvalue weighted by Crippen LogP contribution is 2.38. The molecule has 0 aliphatic carbocycles. The van der Waals surface area contributed by atoms with Crippen molar-refractivity contribution in [1.29, 1.82) is 0 Å². The minimum Gasteiger partial charge on any atom is -0.480 e. The number of rotatable bonds is 3. The summed E-state index contributed by atoms with van der Waals surface area (Å²) in [6.07, 6.45) is 0.128. The molecule has 130 valence electrons. The number of carboxylic acids is 1. The Kier molecular flexibility index (Phi) is 3.80. The van der Waals surface area contributed by atoms with Crippen LogP contribution in [0.3, 0.4) is 0 Å². The molecule has 6 nitrogen and oxygen atoms in total. The van der Waals surface area contributed by atoms with E-state index >= 15 is 0 Å². The Hall–Kier alpha value is -3.41. The van der Waals surface area contributed by atoms with Crippen molar-refractivity contribution in [2.75, 3.05) is 4.90 Å². The first-order valence-corrected chi connectivity index (χ1v) is 8.18. The largest absolute Gasteiger partial charge is 0.480 e. The standard InChI is InChI=1S/C20H15NO5/c22-17-11-15(12-4-2-1-3-5-12)19(20(24)25)21(17)14-7-8-16-13(10-14)6-9-18(23)26-16/h1-10,15,19H,11H2,(H,24,25)/t15-,19+/m0/s1.